The number of hydroxylamine groups is 1. The number of rotatable bonds is 1. The Kier molecular flexibility index (Phi) is 4.02. The molecular formula is C5H9NO4. The van der Waals surface area contributed by atoms with Crippen molar-refractivity contribution in [2.45, 2.75) is 13.3 Å². The summed E-state index contributed by atoms with van der Waals surface area (Å²) < 4.78 is 4.12. The Bertz CT molecular complexity index is 118. The molecule has 0 rings (SSSR count). The van der Waals surface area contributed by atoms with E-state index in [9.17, 15) is 9.59 Å². The highest BCUT2D eigenvalue weighted by Gasteiger charge is 2.01. The third-order valence-corrected chi connectivity index (χ3v) is 0.722. The maximum atomic E-state index is 10.3. The molecule has 0 spiro atoms. The number of hydrogen-bond donors (Lipinski definition) is 1. The molecule has 0 unspecified atom stereocenters. The van der Waals surface area contributed by atoms with Crippen LogP contribution in [0.25, 0.3) is 0 Å². The average molecular weight is 147 g/mol. The number of carbonyl (C=O) groups is 2. The summed E-state index contributed by atoms with van der Waals surface area (Å²) >= 11 is 0. The molecule has 0 aromatic rings. The van der Waals surface area contributed by atoms with Crippen LogP contribution >= 0.6 is 0 Å². The summed E-state index contributed by atoms with van der Waals surface area (Å²) in [4.78, 5) is 24.7. The van der Waals surface area contributed by atoms with Crippen molar-refractivity contribution in [2.24, 2.45) is 0 Å². The molecule has 0 fully saturated rings. The second-order valence-corrected chi connectivity index (χ2v) is 1.42. The Morgan fingerprint density at radius 1 is 1.50 bits per heavy atom. The molecule has 58 valence electrons. The van der Waals surface area contributed by atoms with Crippen LogP contribution < -0.4 is 5.48 Å². The fourth-order valence-electron chi connectivity index (χ4n) is 0.212. The highest BCUT2D eigenvalue weighted by atomic mass is 16.7. The minimum Gasteiger partial charge on any atom is -0.451 e. The molecule has 0 saturated carbocycles. The van der Waals surface area contributed by atoms with E-state index in [1.807, 2.05) is 0 Å². The van der Waals surface area contributed by atoms with Crippen LogP contribution in [0.2, 0.25) is 0 Å². The molecule has 5 nitrogen and oxygen atoms in total. The van der Waals surface area contributed by atoms with Gasteiger partial charge in [-0.2, -0.15) is 0 Å². The summed E-state index contributed by atoms with van der Waals surface area (Å²) in [6, 6.07) is 0. The van der Waals surface area contributed by atoms with Gasteiger partial charge in [0.25, 0.3) is 0 Å². The van der Waals surface area contributed by atoms with Crippen molar-refractivity contribution in [3.8, 4) is 0 Å². The maximum absolute atomic E-state index is 10.3. The third-order valence-electron chi connectivity index (χ3n) is 0.722. The minimum absolute atomic E-state index is 0.212. The number of methoxy groups -OCH3 is 1. The first-order valence-corrected chi connectivity index (χ1v) is 2.74. The summed E-state index contributed by atoms with van der Waals surface area (Å²) in [5.74, 6) is -0.509. The molecular weight excluding hydrogens is 138 g/mol. The predicted molar refractivity (Wildman–Crippen MR) is 31.9 cm³/mol. The largest absolute Gasteiger partial charge is 0.451 e. The molecule has 0 heterocycles. The molecule has 0 bridgehead atoms. The summed E-state index contributed by atoms with van der Waals surface area (Å²) in [7, 11) is 1.18. The molecule has 0 aliphatic rings. The van der Waals surface area contributed by atoms with E-state index in [-0.39, 0.29) is 6.42 Å². The first kappa shape index (κ1) is 8.74. The molecule has 0 atom stereocenters. The Hall–Kier alpha value is -1.26. The zero-order valence-electron chi connectivity index (χ0n) is 5.84. The lowest BCUT2D eigenvalue weighted by Gasteiger charge is -2.00. The molecule has 10 heavy (non-hydrogen) atoms. The Morgan fingerprint density at radius 3 is 2.50 bits per heavy atom. The monoisotopic (exact) mass is 147 g/mol. The Labute approximate surface area is 58.3 Å². The maximum Gasteiger partial charge on any atom is 0.440 e. The van der Waals surface area contributed by atoms with Gasteiger partial charge in [-0.3, -0.25) is 0 Å². The average Bonchev–Trinajstić information content (AvgIpc) is 1.99. The molecule has 0 saturated heterocycles. The van der Waals surface area contributed by atoms with Crippen molar-refractivity contribution in [2.75, 3.05) is 7.11 Å². The number of hydrogen-bond acceptors (Lipinski definition) is 4. The van der Waals surface area contributed by atoms with Crippen molar-refractivity contribution in [1.82, 2.24) is 5.48 Å². The molecule has 0 aromatic heterocycles. The Balaban J connectivity index is 3.35. The van der Waals surface area contributed by atoms with Crippen LogP contribution in [0, 0.1) is 0 Å². The van der Waals surface area contributed by atoms with Gasteiger partial charge in [0.05, 0.1) is 7.11 Å². The third kappa shape index (κ3) is 3.71. The van der Waals surface area contributed by atoms with Gasteiger partial charge < -0.3 is 9.57 Å². The van der Waals surface area contributed by atoms with Gasteiger partial charge in [-0.15, -0.1) is 5.48 Å². The van der Waals surface area contributed by atoms with Crippen LogP contribution in [0.15, 0.2) is 0 Å². The molecule has 0 aliphatic heterocycles. The second kappa shape index (κ2) is 4.60. The van der Waals surface area contributed by atoms with Crippen LogP contribution in [0.1, 0.15) is 13.3 Å². The van der Waals surface area contributed by atoms with Gasteiger partial charge in [0.2, 0.25) is 0 Å². The van der Waals surface area contributed by atoms with Crippen molar-refractivity contribution in [3.63, 3.8) is 0 Å². The molecule has 1 N–H and O–H groups in total. The lowest BCUT2D eigenvalue weighted by atomic mass is 10.5. The van der Waals surface area contributed by atoms with Crippen LogP contribution in [-0.4, -0.2) is 19.2 Å². The normalized spacial score (nSPS) is 8.20. The topological polar surface area (TPSA) is 64.6 Å². The van der Waals surface area contributed by atoms with Gasteiger partial charge in [-0.1, -0.05) is 6.92 Å². The minimum atomic E-state index is -0.790. The molecule has 0 aromatic carbocycles. The predicted octanol–water partition coefficient (Wildman–Crippen LogP) is 0.211. The van der Waals surface area contributed by atoms with Gasteiger partial charge in [-0.25, -0.2) is 9.59 Å². The molecule has 5 heteroatoms. The van der Waals surface area contributed by atoms with Crippen molar-refractivity contribution in [1.29, 1.82) is 0 Å². The summed E-state index contributed by atoms with van der Waals surface area (Å²) in [5, 5.41) is 0. The van der Waals surface area contributed by atoms with Gasteiger partial charge >= 0.3 is 12.1 Å². The number of ether oxygens (including phenoxy) is 1. The van der Waals surface area contributed by atoms with Crippen molar-refractivity contribution < 1.29 is 19.2 Å². The van der Waals surface area contributed by atoms with Gasteiger partial charge in [0.15, 0.2) is 0 Å². The fourth-order valence-corrected chi connectivity index (χ4v) is 0.212. The highest BCUT2D eigenvalue weighted by molar-refractivity contribution is 5.72. The number of nitrogens with one attached hydrogen (secondary N) is 1. The van der Waals surface area contributed by atoms with Crippen molar-refractivity contribution in [3.05, 3.63) is 0 Å². The molecule has 0 aliphatic carbocycles. The van der Waals surface area contributed by atoms with Crippen molar-refractivity contribution >= 4 is 12.1 Å². The lowest BCUT2D eigenvalue weighted by molar-refractivity contribution is -0.149. The lowest BCUT2D eigenvalue weighted by Crippen LogP contribution is -2.26. The fraction of sp³-hybridized carbons (Fsp3) is 0.600. The SMILES string of the molecule is CCC(=O)ONC(=O)OC. The standard InChI is InChI=1S/C5H9NO4/c1-3-4(7)10-6-5(8)9-2/h3H2,1-2H3,(H,6,8). The van der Waals surface area contributed by atoms with Gasteiger partial charge in [0.1, 0.15) is 0 Å². The van der Waals surface area contributed by atoms with E-state index in [2.05, 4.69) is 9.57 Å². The van der Waals surface area contributed by atoms with E-state index in [0.29, 0.717) is 0 Å². The van der Waals surface area contributed by atoms with Gasteiger partial charge in [0, 0.05) is 6.42 Å². The van der Waals surface area contributed by atoms with Crippen LogP contribution in [-0.2, 0) is 14.4 Å². The zero-order valence-corrected chi connectivity index (χ0v) is 5.84. The van der Waals surface area contributed by atoms with E-state index in [1.54, 1.807) is 12.4 Å². The molecule has 0 radical (unpaired) electrons. The first-order chi connectivity index (χ1) is 4.70. The van der Waals surface area contributed by atoms with Crippen LogP contribution in [0.3, 0.4) is 0 Å². The van der Waals surface area contributed by atoms with Crippen LogP contribution in [0.5, 0.6) is 0 Å². The summed E-state index contributed by atoms with van der Waals surface area (Å²) in [6.07, 6.45) is -0.578. The second-order valence-electron chi connectivity index (χ2n) is 1.42. The first-order valence-electron chi connectivity index (χ1n) is 2.74. The number of carbonyl (C=O) groups excluding carboxylic acids is 2. The molecule has 1 amide bonds. The quantitative estimate of drug-likeness (QED) is 0.538. The zero-order chi connectivity index (χ0) is 7.98. The van der Waals surface area contributed by atoms with E-state index >= 15 is 0 Å². The summed E-state index contributed by atoms with van der Waals surface area (Å²) in [5.41, 5.74) is 1.77. The smallest absolute Gasteiger partial charge is 0.440 e. The van der Waals surface area contributed by atoms with Gasteiger partial charge in [-0.05, 0) is 0 Å². The van der Waals surface area contributed by atoms with E-state index in [4.69, 9.17) is 0 Å². The van der Waals surface area contributed by atoms with E-state index in [1.165, 1.54) is 7.11 Å². The number of amides is 1. The highest BCUT2D eigenvalue weighted by Crippen LogP contribution is 1.80. The van der Waals surface area contributed by atoms with E-state index in [0.717, 1.165) is 0 Å². The Morgan fingerprint density at radius 2 is 2.10 bits per heavy atom. The summed E-state index contributed by atoms with van der Waals surface area (Å²) in [6.45, 7) is 1.61. The van der Waals surface area contributed by atoms with Crippen LogP contribution in [0.4, 0.5) is 4.79 Å². The van der Waals surface area contributed by atoms with E-state index < -0.39 is 12.1 Å².